The number of carboxylic acids is 1. The summed E-state index contributed by atoms with van der Waals surface area (Å²) in [5, 5.41) is 18.9. The van der Waals surface area contributed by atoms with Gasteiger partial charge >= 0.3 is 5.97 Å². The van der Waals surface area contributed by atoms with Crippen molar-refractivity contribution in [3.05, 3.63) is 23.8 Å². The zero-order chi connectivity index (χ0) is 39.3. The second kappa shape index (κ2) is 13.4. The van der Waals surface area contributed by atoms with Crippen molar-refractivity contribution in [2.24, 2.45) is 68.3 Å². The molecule has 4 N–H and O–H groups in total. The number of ether oxygens (including phenoxy) is 2. The number of carboxylic acid groups (broad SMARTS) is 1. The van der Waals surface area contributed by atoms with Gasteiger partial charge in [0.25, 0.3) is 5.91 Å². The zero-order valence-electron chi connectivity index (χ0n) is 35.1. The molecular formula is C43H71N5O5. The summed E-state index contributed by atoms with van der Waals surface area (Å²) in [7, 11) is 0. The molecule has 53 heavy (non-hydrogen) atoms. The first-order chi connectivity index (χ1) is 24.5. The number of rotatable bonds is 10. The third kappa shape index (κ3) is 5.88. The van der Waals surface area contributed by atoms with Crippen LogP contribution >= 0.6 is 0 Å². The summed E-state index contributed by atoms with van der Waals surface area (Å²) >= 11 is 0. The van der Waals surface area contributed by atoms with Gasteiger partial charge in [-0.05, 0) is 112 Å². The van der Waals surface area contributed by atoms with Gasteiger partial charge in [-0.3, -0.25) is 9.59 Å². The van der Waals surface area contributed by atoms with Crippen LogP contribution in [0, 0.1) is 62.6 Å². The maximum atomic E-state index is 13.6. The minimum absolute atomic E-state index is 0.0363. The molecule has 0 unspecified atom stereocenters. The van der Waals surface area contributed by atoms with Crippen LogP contribution in [-0.2, 0) is 14.3 Å². The molecular weight excluding hydrogens is 667 g/mol. The Morgan fingerprint density at radius 2 is 1.77 bits per heavy atom. The fraction of sp³-hybridized carbons (Fsp3) is 0.860. The average molecular weight is 738 g/mol. The van der Waals surface area contributed by atoms with Gasteiger partial charge in [0.15, 0.2) is 0 Å². The Balaban J connectivity index is 1.48. The Morgan fingerprint density at radius 3 is 2.38 bits per heavy atom. The highest BCUT2D eigenvalue weighted by atomic mass is 16.5. The molecule has 5 aliphatic rings. The van der Waals surface area contributed by atoms with E-state index in [1.807, 2.05) is 18.5 Å². The van der Waals surface area contributed by atoms with E-state index in [0.29, 0.717) is 19.1 Å². The van der Waals surface area contributed by atoms with Crippen LogP contribution in [0.4, 0.5) is 0 Å². The van der Waals surface area contributed by atoms with Gasteiger partial charge in [-0.1, -0.05) is 74.0 Å². The first-order valence-electron chi connectivity index (χ1n) is 20.7. The van der Waals surface area contributed by atoms with Crippen LogP contribution < -0.4 is 11.1 Å². The van der Waals surface area contributed by atoms with Crippen molar-refractivity contribution in [3.8, 4) is 0 Å². The summed E-state index contributed by atoms with van der Waals surface area (Å²) in [5.41, 5.74) is 6.20. The van der Waals surface area contributed by atoms with Crippen molar-refractivity contribution in [1.82, 2.24) is 20.1 Å². The van der Waals surface area contributed by atoms with Gasteiger partial charge < -0.3 is 25.6 Å². The lowest BCUT2D eigenvalue weighted by Gasteiger charge is -2.72. The van der Waals surface area contributed by atoms with E-state index >= 15 is 0 Å². The second-order valence-corrected chi connectivity index (χ2v) is 20.5. The lowest BCUT2D eigenvalue weighted by Crippen LogP contribution is -2.71. The molecule has 3 saturated carbocycles. The van der Waals surface area contributed by atoms with Gasteiger partial charge in [-0.15, -0.1) is 5.10 Å². The molecule has 0 spiro atoms. The quantitative estimate of drug-likeness (QED) is 0.208. The first-order valence-corrected chi connectivity index (χ1v) is 20.7. The maximum absolute atomic E-state index is 13.6. The fourth-order valence-electron chi connectivity index (χ4n) is 12.8. The van der Waals surface area contributed by atoms with E-state index in [9.17, 15) is 14.7 Å². The van der Waals surface area contributed by atoms with E-state index in [4.69, 9.17) is 20.3 Å². The molecule has 298 valence electrons. The third-order valence-corrected chi connectivity index (χ3v) is 16.9. The van der Waals surface area contributed by atoms with E-state index in [-0.39, 0.29) is 81.4 Å². The zero-order valence-corrected chi connectivity index (χ0v) is 35.1. The summed E-state index contributed by atoms with van der Waals surface area (Å²) in [6.45, 7) is 29.5. The highest BCUT2D eigenvalue weighted by Gasteiger charge is 2.73. The Labute approximate surface area is 319 Å². The van der Waals surface area contributed by atoms with Crippen LogP contribution in [0.3, 0.4) is 0 Å². The predicted molar refractivity (Wildman–Crippen MR) is 207 cm³/mol. The predicted octanol–water partition coefficient (Wildman–Crippen LogP) is 7.69. The third-order valence-electron chi connectivity index (χ3n) is 16.9. The Morgan fingerprint density at radius 1 is 1.09 bits per heavy atom. The van der Waals surface area contributed by atoms with Crippen LogP contribution in [0.1, 0.15) is 145 Å². The van der Waals surface area contributed by atoms with Gasteiger partial charge in [0.05, 0.1) is 37.4 Å². The molecule has 6 rings (SSSR count). The molecule has 0 aromatic carbocycles. The van der Waals surface area contributed by atoms with Crippen molar-refractivity contribution in [2.45, 2.75) is 158 Å². The summed E-state index contributed by atoms with van der Waals surface area (Å²) in [4.78, 5) is 31.2. The van der Waals surface area contributed by atoms with E-state index in [1.54, 1.807) is 6.33 Å². The highest BCUT2D eigenvalue weighted by Crippen LogP contribution is 2.76. The summed E-state index contributed by atoms with van der Waals surface area (Å²) < 4.78 is 15.9. The molecule has 1 aliphatic heterocycles. The SMILES string of the molecule is CC(C)NC(=O)c1ncn([C@@H]2C[C@]34C5=CC[C@@]6(C)[C@H](C(=O)O)[C@@](C)([C@H](C)C(C)C)CC[C@]6(C)[C@H]5CC[C@H]3[C@@](C)(CO[C@H]4C)[C@H]2OC[C@](C)(N)C(C)C)n1. The number of allylic oxidation sites excluding steroid dienone is 1. The number of hydrogen-bond donors (Lipinski definition) is 3. The normalized spacial score (nSPS) is 42.6. The number of nitrogens with two attached hydrogens (primary N) is 1. The lowest BCUT2D eigenvalue weighted by molar-refractivity contribution is -0.273. The number of nitrogens with one attached hydrogen (secondary N) is 1. The summed E-state index contributed by atoms with van der Waals surface area (Å²) in [5.74, 6) is 0.204. The van der Waals surface area contributed by atoms with Crippen LogP contribution in [0.5, 0.6) is 0 Å². The maximum Gasteiger partial charge on any atom is 0.307 e. The van der Waals surface area contributed by atoms with Crippen LogP contribution in [0.2, 0.25) is 0 Å². The molecule has 10 nitrogen and oxygen atoms in total. The number of nitrogens with zero attached hydrogens (tertiary/aromatic N) is 3. The number of amides is 1. The summed E-state index contributed by atoms with van der Waals surface area (Å²) in [6, 6.07) is -0.251. The standard InChI is InChI=1S/C43H71N5O5/c1-24(2)27(7)38(9)18-19-40(11)29-14-15-32-39(10)21-52-28(8)43(32,30(29)16-17-41(40,12)33(38)37(50)51)20-31(34(39)53-22-42(13,44)25(3)4)48-23-45-35(47-48)36(49)46-26(5)6/h16,23-29,31-34H,14-15,17-22,44H2,1-13H3,(H,46,49)(H,50,51)/t27-,28+,29+,31-,32+,33-,34+,38-,39-,40-,41+,42+,43+/m1/s1. The molecule has 0 radical (unpaired) electrons. The molecule has 1 aromatic rings. The molecule has 2 heterocycles. The number of aromatic nitrogens is 3. The van der Waals surface area contributed by atoms with E-state index in [0.717, 1.165) is 38.5 Å². The lowest BCUT2D eigenvalue weighted by atomic mass is 9.33. The van der Waals surface area contributed by atoms with Crippen molar-refractivity contribution in [1.29, 1.82) is 0 Å². The van der Waals surface area contributed by atoms with Gasteiger partial charge in [0.2, 0.25) is 5.82 Å². The van der Waals surface area contributed by atoms with Crippen molar-refractivity contribution < 1.29 is 24.2 Å². The molecule has 1 saturated heterocycles. The van der Waals surface area contributed by atoms with Crippen molar-refractivity contribution in [3.63, 3.8) is 0 Å². The fourth-order valence-corrected chi connectivity index (χ4v) is 12.8. The van der Waals surface area contributed by atoms with E-state index in [1.165, 1.54) is 5.57 Å². The summed E-state index contributed by atoms with van der Waals surface area (Å²) in [6.07, 6.45) is 9.30. The molecule has 4 fully saturated rings. The van der Waals surface area contributed by atoms with Crippen LogP contribution in [-0.4, -0.2) is 68.7 Å². The van der Waals surface area contributed by atoms with Gasteiger partial charge in [0.1, 0.15) is 6.33 Å². The van der Waals surface area contributed by atoms with Crippen LogP contribution in [0.25, 0.3) is 0 Å². The molecule has 1 aromatic heterocycles. The monoisotopic (exact) mass is 738 g/mol. The van der Waals surface area contributed by atoms with E-state index in [2.05, 4.69) is 92.5 Å². The molecule has 10 heteroatoms. The minimum atomic E-state index is -0.645. The van der Waals surface area contributed by atoms with Crippen molar-refractivity contribution in [2.75, 3.05) is 13.2 Å². The molecule has 4 aliphatic carbocycles. The smallest absolute Gasteiger partial charge is 0.307 e. The second-order valence-electron chi connectivity index (χ2n) is 20.5. The molecule has 1 amide bonds. The Bertz CT molecular complexity index is 1600. The number of carbonyl (C=O) groups excluding carboxylic acids is 1. The van der Waals surface area contributed by atoms with E-state index < -0.39 is 22.8 Å². The topological polar surface area (TPSA) is 142 Å². The first kappa shape index (κ1) is 40.4. The number of fused-ring (bicyclic) bond motifs is 3. The minimum Gasteiger partial charge on any atom is -0.481 e. The van der Waals surface area contributed by atoms with Gasteiger partial charge in [-0.2, -0.15) is 0 Å². The van der Waals surface area contributed by atoms with Crippen LogP contribution in [0.15, 0.2) is 18.0 Å². The molecule has 2 bridgehead atoms. The van der Waals surface area contributed by atoms with Gasteiger partial charge in [-0.25, -0.2) is 9.67 Å². The largest absolute Gasteiger partial charge is 0.481 e. The number of hydrogen-bond acceptors (Lipinski definition) is 7. The Kier molecular flexibility index (Phi) is 10.2. The number of aliphatic carboxylic acids is 1. The Hall–Kier alpha value is -2.30. The molecule has 13 atom stereocenters. The highest BCUT2D eigenvalue weighted by molar-refractivity contribution is 5.90. The van der Waals surface area contributed by atoms with Gasteiger partial charge in [0, 0.05) is 22.4 Å². The van der Waals surface area contributed by atoms with Crippen molar-refractivity contribution >= 4 is 11.9 Å². The average Bonchev–Trinajstić information content (AvgIpc) is 3.56. The number of carbonyl (C=O) groups is 2.